The van der Waals surface area contributed by atoms with Crippen LogP contribution in [0.3, 0.4) is 0 Å². The lowest BCUT2D eigenvalue weighted by atomic mass is 10.1. The largest absolute Gasteiger partial charge is 0.494 e. The van der Waals surface area contributed by atoms with Gasteiger partial charge in [-0.2, -0.15) is 0 Å². The lowest BCUT2D eigenvalue weighted by molar-refractivity contribution is -0.140. The van der Waals surface area contributed by atoms with Crippen molar-refractivity contribution in [2.45, 2.75) is 18.6 Å². The Labute approximate surface area is 168 Å². The smallest absolute Gasteiger partial charge is 0.307 e. The first-order chi connectivity index (χ1) is 13.5. The molecule has 0 saturated carbocycles. The molecule has 28 heavy (non-hydrogen) atoms. The standard InChI is InChI=1S/C21H23NO5S/c1-3-27-17-11-9-16(10-12-17)22-19(23)14-28-18(13-20(24)26-2)21(25)15-7-5-4-6-8-15/h4-12,18H,3,13-14H2,1-2H3,(H,22,23). The van der Waals surface area contributed by atoms with Gasteiger partial charge in [0.1, 0.15) is 5.75 Å². The third-order valence-corrected chi connectivity index (χ3v) is 5.01. The molecule has 2 aromatic rings. The minimum absolute atomic E-state index is 0.0352. The summed E-state index contributed by atoms with van der Waals surface area (Å²) < 4.78 is 10.0. The molecular formula is C21H23NO5S. The highest BCUT2D eigenvalue weighted by Gasteiger charge is 2.25. The van der Waals surface area contributed by atoms with Crippen LogP contribution in [0.4, 0.5) is 5.69 Å². The van der Waals surface area contributed by atoms with Gasteiger partial charge in [-0.15, -0.1) is 11.8 Å². The lowest BCUT2D eigenvalue weighted by Crippen LogP contribution is -2.25. The number of amides is 1. The Morgan fingerprint density at radius 2 is 1.71 bits per heavy atom. The molecule has 0 bridgehead atoms. The summed E-state index contributed by atoms with van der Waals surface area (Å²) in [5.41, 5.74) is 1.13. The molecule has 2 aromatic carbocycles. The molecule has 2 rings (SSSR count). The van der Waals surface area contributed by atoms with Crippen LogP contribution in [0.5, 0.6) is 5.75 Å². The molecule has 0 saturated heterocycles. The van der Waals surface area contributed by atoms with Crippen molar-refractivity contribution in [3.05, 3.63) is 60.2 Å². The van der Waals surface area contributed by atoms with E-state index in [0.717, 1.165) is 17.5 Å². The fraction of sp³-hybridized carbons (Fsp3) is 0.286. The van der Waals surface area contributed by atoms with E-state index >= 15 is 0 Å². The van der Waals surface area contributed by atoms with Crippen LogP contribution >= 0.6 is 11.8 Å². The van der Waals surface area contributed by atoms with Crippen molar-refractivity contribution in [2.75, 3.05) is 24.8 Å². The average Bonchev–Trinajstić information content (AvgIpc) is 2.72. The molecule has 1 amide bonds. The first-order valence-corrected chi connectivity index (χ1v) is 9.88. The van der Waals surface area contributed by atoms with Crippen LogP contribution in [0.2, 0.25) is 0 Å². The van der Waals surface area contributed by atoms with Crippen LogP contribution in [0.15, 0.2) is 54.6 Å². The molecule has 1 N–H and O–H groups in total. The van der Waals surface area contributed by atoms with E-state index in [1.54, 1.807) is 48.5 Å². The summed E-state index contributed by atoms with van der Waals surface area (Å²) in [7, 11) is 1.27. The highest BCUT2D eigenvalue weighted by Crippen LogP contribution is 2.22. The summed E-state index contributed by atoms with van der Waals surface area (Å²) in [6.07, 6.45) is -0.0920. The van der Waals surface area contributed by atoms with E-state index in [1.807, 2.05) is 13.0 Å². The molecule has 1 unspecified atom stereocenters. The maximum atomic E-state index is 12.7. The number of rotatable bonds is 10. The van der Waals surface area contributed by atoms with Gasteiger partial charge in [0.15, 0.2) is 5.78 Å². The number of Topliss-reactive ketones (excluding diaryl/α,β-unsaturated/α-hetero) is 1. The second-order valence-electron chi connectivity index (χ2n) is 5.82. The summed E-state index contributed by atoms with van der Waals surface area (Å²) in [6, 6.07) is 15.7. The van der Waals surface area contributed by atoms with Gasteiger partial charge in [-0.25, -0.2) is 0 Å². The molecular weight excluding hydrogens is 378 g/mol. The van der Waals surface area contributed by atoms with Gasteiger partial charge in [-0.3, -0.25) is 14.4 Å². The third kappa shape index (κ3) is 6.74. The van der Waals surface area contributed by atoms with Gasteiger partial charge >= 0.3 is 5.97 Å². The Morgan fingerprint density at radius 3 is 2.32 bits per heavy atom. The average molecular weight is 401 g/mol. The summed E-state index contributed by atoms with van der Waals surface area (Å²) in [5.74, 6) is -0.196. The normalized spacial score (nSPS) is 11.4. The number of esters is 1. The van der Waals surface area contributed by atoms with Crippen LogP contribution in [-0.4, -0.2) is 42.4 Å². The first-order valence-electron chi connectivity index (χ1n) is 8.84. The third-order valence-electron chi connectivity index (χ3n) is 3.80. The Morgan fingerprint density at radius 1 is 1.04 bits per heavy atom. The summed E-state index contributed by atoms with van der Waals surface area (Å²) >= 11 is 1.12. The van der Waals surface area contributed by atoms with E-state index in [0.29, 0.717) is 17.9 Å². The Kier molecular flexibility index (Phi) is 8.55. The Balaban J connectivity index is 1.96. The van der Waals surface area contributed by atoms with Gasteiger partial charge in [-0.05, 0) is 31.2 Å². The molecule has 148 valence electrons. The van der Waals surface area contributed by atoms with Crippen molar-refractivity contribution < 1.29 is 23.9 Å². The maximum absolute atomic E-state index is 12.7. The maximum Gasteiger partial charge on any atom is 0.307 e. The van der Waals surface area contributed by atoms with Gasteiger partial charge in [0.25, 0.3) is 0 Å². The van der Waals surface area contributed by atoms with Crippen molar-refractivity contribution in [3.63, 3.8) is 0 Å². The summed E-state index contributed by atoms with van der Waals surface area (Å²) in [4.78, 5) is 36.6. The Hall–Kier alpha value is -2.80. The minimum atomic E-state index is -0.694. The molecule has 0 fully saturated rings. The molecule has 0 spiro atoms. The molecule has 1 atom stereocenters. The topological polar surface area (TPSA) is 81.7 Å². The molecule has 7 heteroatoms. The zero-order chi connectivity index (χ0) is 20.4. The van der Waals surface area contributed by atoms with Gasteiger partial charge in [0, 0.05) is 11.3 Å². The number of nitrogens with one attached hydrogen (secondary N) is 1. The zero-order valence-corrected chi connectivity index (χ0v) is 16.7. The number of carbonyl (C=O) groups is 3. The molecule has 0 aromatic heterocycles. The molecule has 0 radical (unpaired) electrons. The number of benzene rings is 2. The number of hydrogen-bond acceptors (Lipinski definition) is 6. The van der Waals surface area contributed by atoms with E-state index in [2.05, 4.69) is 10.1 Å². The number of hydrogen-bond donors (Lipinski definition) is 1. The molecule has 0 aliphatic heterocycles. The lowest BCUT2D eigenvalue weighted by Gasteiger charge is -2.14. The van der Waals surface area contributed by atoms with E-state index in [9.17, 15) is 14.4 Å². The fourth-order valence-electron chi connectivity index (χ4n) is 2.42. The second-order valence-corrected chi connectivity index (χ2v) is 7.01. The van der Waals surface area contributed by atoms with Crippen LogP contribution in [0.1, 0.15) is 23.7 Å². The number of ketones is 1. The van der Waals surface area contributed by atoms with E-state index in [4.69, 9.17) is 4.74 Å². The molecule has 0 aliphatic rings. The fourth-order valence-corrected chi connectivity index (χ4v) is 3.39. The van der Waals surface area contributed by atoms with E-state index in [-0.39, 0.29) is 23.9 Å². The van der Waals surface area contributed by atoms with Crippen molar-refractivity contribution in [1.82, 2.24) is 0 Å². The van der Waals surface area contributed by atoms with Crippen LogP contribution < -0.4 is 10.1 Å². The molecule has 0 heterocycles. The van der Waals surface area contributed by atoms with Crippen molar-refractivity contribution in [1.29, 1.82) is 0 Å². The number of thioether (sulfide) groups is 1. The van der Waals surface area contributed by atoms with Crippen LogP contribution in [0.25, 0.3) is 0 Å². The molecule has 0 aliphatic carbocycles. The van der Waals surface area contributed by atoms with Crippen molar-refractivity contribution in [3.8, 4) is 5.75 Å². The van der Waals surface area contributed by atoms with Gasteiger partial charge < -0.3 is 14.8 Å². The van der Waals surface area contributed by atoms with Crippen LogP contribution in [0, 0.1) is 0 Å². The van der Waals surface area contributed by atoms with Gasteiger partial charge in [-0.1, -0.05) is 30.3 Å². The number of ether oxygens (including phenoxy) is 2. The van der Waals surface area contributed by atoms with E-state index in [1.165, 1.54) is 7.11 Å². The predicted octanol–water partition coefficient (Wildman–Crippen LogP) is 3.57. The predicted molar refractivity (Wildman–Crippen MR) is 110 cm³/mol. The Bertz CT molecular complexity index is 792. The highest BCUT2D eigenvalue weighted by molar-refractivity contribution is 8.01. The van der Waals surface area contributed by atoms with Gasteiger partial charge in [0.2, 0.25) is 5.91 Å². The number of methoxy groups -OCH3 is 1. The van der Waals surface area contributed by atoms with E-state index < -0.39 is 11.2 Å². The summed E-state index contributed by atoms with van der Waals surface area (Å²) in [5, 5.41) is 2.08. The number of carbonyl (C=O) groups excluding carboxylic acids is 3. The first kappa shape index (κ1) is 21.5. The molecule has 6 nitrogen and oxygen atoms in total. The zero-order valence-electron chi connectivity index (χ0n) is 15.8. The van der Waals surface area contributed by atoms with Crippen LogP contribution in [-0.2, 0) is 14.3 Å². The second kappa shape index (κ2) is 11.1. The monoisotopic (exact) mass is 401 g/mol. The van der Waals surface area contributed by atoms with Crippen molar-refractivity contribution in [2.24, 2.45) is 0 Å². The quantitative estimate of drug-likeness (QED) is 0.484. The number of anilines is 1. The minimum Gasteiger partial charge on any atom is -0.494 e. The van der Waals surface area contributed by atoms with Gasteiger partial charge in [0.05, 0.1) is 31.1 Å². The highest BCUT2D eigenvalue weighted by atomic mass is 32.2. The van der Waals surface area contributed by atoms with Crippen molar-refractivity contribution >= 4 is 35.1 Å². The summed E-state index contributed by atoms with van der Waals surface area (Å²) in [6.45, 7) is 2.47. The SMILES string of the molecule is CCOc1ccc(NC(=O)CSC(CC(=O)OC)C(=O)c2ccccc2)cc1.